The van der Waals surface area contributed by atoms with E-state index in [-0.39, 0.29) is 25.0 Å². The average molecular weight is 569 g/mol. The van der Waals surface area contributed by atoms with Gasteiger partial charge in [0.15, 0.2) is 6.04 Å². The van der Waals surface area contributed by atoms with Crippen molar-refractivity contribution in [1.82, 2.24) is 21.3 Å². The van der Waals surface area contributed by atoms with Crippen molar-refractivity contribution >= 4 is 35.5 Å². The van der Waals surface area contributed by atoms with Crippen LogP contribution in [0.1, 0.15) is 32.3 Å². The van der Waals surface area contributed by atoms with Gasteiger partial charge in [-0.3, -0.25) is 24.0 Å². The summed E-state index contributed by atoms with van der Waals surface area (Å²) in [6.45, 7) is 1.84. The molecule has 1 rings (SSSR count). The SMILES string of the molecule is C[C@@H](O)[C@H](NC(=O)[C@H](Cc1ccc(O)cc1)NC(=O)[C@@H](NC(=O)[C@H](CCC(N)=O)NC(=O)CN)[C@@H](C)O)C(=O)O. The van der Waals surface area contributed by atoms with Gasteiger partial charge in [-0.2, -0.15) is 0 Å². The zero-order valence-electron chi connectivity index (χ0n) is 22.0. The minimum Gasteiger partial charge on any atom is -0.508 e. The lowest BCUT2D eigenvalue weighted by atomic mass is 10.0. The van der Waals surface area contributed by atoms with Crippen molar-refractivity contribution in [2.45, 2.75) is 69.5 Å². The third-order valence-electron chi connectivity index (χ3n) is 5.63. The van der Waals surface area contributed by atoms with Crippen LogP contribution < -0.4 is 32.7 Å². The molecule has 0 radical (unpaired) electrons. The fraction of sp³-hybridized carbons (Fsp3) is 0.500. The summed E-state index contributed by atoms with van der Waals surface area (Å²) < 4.78 is 0. The van der Waals surface area contributed by atoms with Crippen molar-refractivity contribution in [3.63, 3.8) is 0 Å². The number of hydrogen-bond acceptors (Lipinski definition) is 10. The number of hydrogen-bond donors (Lipinski definition) is 10. The molecule has 0 aliphatic carbocycles. The third-order valence-corrected chi connectivity index (χ3v) is 5.63. The number of nitrogens with one attached hydrogen (secondary N) is 4. The first kappa shape index (κ1) is 33.7. The maximum atomic E-state index is 13.1. The largest absolute Gasteiger partial charge is 0.508 e. The summed E-state index contributed by atoms with van der Waals surface area (Å²) in [5.41, 5.74) is 10.8. The Morgan fingerprint density at radius 2 is 1.32 bits per heavy atom. The van der Waals surface area contributed by atoms with Crippen LogP contribution in [0.3, 0.4) is 0 Å². The number of phenols is 1. The fourth-order valence-electron chi connectivity index (χ4n) is 3.45. The van der Waals surface area contributed by atoms with Crippen LogP contribution in [0.15, 0.2) is 24.3 Å². The highest BCUT2D eigenvalue weighted by atomic mass is 16.4. The summed E-state index contributed by atoms with van der Waals surface area (Å²) >= 11 is 0. The van der Waals surface area contributed by atoms with Crippen molar-refractivity contribution in [1.29, 1.82) is 0 Å². The monoisotopic (exact) mass is 568 g/mol. The number of phenolic OH excluding ortho intramolecular Hbond substituents is 1. The molecule has 6 atom stereocenters. The van der Waals surface area contributed by atoms with Gasteiger partial charge < -0.3 is 53.2 Å². The van der Waals surface area contributed by atoms with Gasteiger partial charge in [-0.15, -0.1) is 0 Å². The van der Waals surface area contributed by atoms with Gasteiger partial charge in [-0.05, 0) is 38.0 Å². The van der Waals surface area contributed by atoms with Crippen LogP contribution in [0, 0.1) is 0 Å². The van der Waals surface area contributed by atoms with Crippen molar-refractivity contribution in [3.05, 3.63) is 29.8 Å². The van der Waals surface area contributed by atoms with Crippen molar-refractivity contribution in [2.24, 2.45) is 11.5 Å². The molecule has 0 unspecified atom stereocenters. The molecule has 16 nitrogen and oxygen atoms in total. The van der Waals surface area contributed by atoms with Gasteiger partial charge in [0.1, 0.15) is 23.9 Å². The number of rotatable bonds is 16. The first-order valence-electron chi connectivity index (χ1n) is 12.2. The number of amides is 5. The highest BCUT2D eigenvalue weighted by molar-refractivity contribution is 5.95. The number of aliphatic hydroxyl groups excluding tert-OH is 2. The maximum Gasteiger partial charge on any atom is 0.328 e. The molecule has 0 bridgehead atoms. The summed E-state index contributed by atoms with van der Waals surface area (Å²) in [4.78, 5) is 73.4. The van der Waals surface area contributed by atoms with Crippen LogP contribution in [0.4, 0.5) is 0 Å². The van der Waals surface area contributed by atoms with E-state index in [9.17, 15) is 49.2 Å². The van der Waals surface area contributed by atoms with E-state index in [1.807, 2.05) is 0 Å². The van der Waals surface area contributed by atoms with Crippen LogP contribution >= 0.6 is 0 Å². The summed E-state index contributed by atoms with van der Waals surface area (Å²) in [6, 6.07) is -0.637. The maximum absolute atomic E-state index is 13.1. The molecule has 222 valence electrons. The van der Waals surface area contributed by atoms with E-state index < -0.39 is 78.4 Å². The molecule has 16 heteroatoms. The highest BCUT2D eigenvalue weighted by Gasteiger charge is 2.34. The number of nitrogens with two attached hydrogens (primary N) is 2. The second-order valence-electron chi connectivity index (χ2n) is 9.05. The van der Waals surface area contributed by atoms with E-state index in [4.69, 9.17) is 11.5 Å². The molecule has 0 heterocycles. The Hall–Kier alpha value is -4.28. The molecule has 0 aliphatic rings. The number of carboxylic acid groups (broad SMARTS) is 1. The summed E-state index contributed by atoms with van der Waals surface area (Å²) in [5, 5.41) is 47.8. The predicted molar refractivity (Wildman–Crippen MR) is 138 cm³/mol. The van der Waals surface area contributed by atoms with Crippen LogP contribution in [-0.4, -0.2) is 98.9 Å². The molecule has 1 aromatic carbocycles. The number of carboxylic acids is 1. The van der Waals surface area contributed by atoms with Crippen LogP contribution in [0.2, 0.25) is 0 Å². The molecule has 1 aromatic rings. The molecule has 0 saturated carbocycles. The molecule has 0 saturated heterocycles. The van der Waals surface area contributed by atoms with E-state index in [0.717, 1.165) is 6.92 Å². The molecule has 40 heavy (non-hydrogen) atoms. The van der Waals surface area contributed by atoms with Gasteiger partial charge in [-0.1, -0.05) is 12.1 Å². The Kier molecular flexibility index (Phi) is 13.5. The summed E-state index contributed by atoms with van der Waals surface area (Å²) in [5.74, 6) is -6.11. The molecule has 5 amide bonds. The number of aliphatic carboxylic acids is 1. The van der Waals surface area contributed by atoms with Gasteiger partial charge in [0.25, 0.3) is 0 Å². The van der Waals surface area contributed by atoms with E-state index in [1.165, 1.54) is 31.2 Å². The lowest BCUT2D eigenvalue weighted by Gasteiger charge is -2.27. The van der Waals surface area contributed by atoms with Crippen LogP contribution in [0.25, 0.3) is 0 Å². The first-order valence-corrected chi connectivity index (χ1v) is 12.2. The fourth-order valence-corrected chi connectivity index (χ4v) is 3.45. The standard InChI is InChI=1S/C24H36N6O10/c1-11(31)19(29-21(36)15(7-8-17(26)34)27-18(35)10-25)23(38)28-16(9-13-3-5-14(33)6-4-13)22(37)30-20(12(2)32)24(39)40/h3-6,11-12,15-16,19-20,31-33H,7-10,25H2,1-2H3,(H2,26,34)(H,27,35)(H,28,38)(H,29,36)(H,30,37)(H,39,40)/t11-,12-,15+,16+,19+,20+/m1/s1. The van der Waals surface area contributed by atoms with Crippen LogP contribution in [-0.2, 0) is 35.2 Å². The number of aromatic hydroxyl groups is 1. The lowest BCUT2D eigenvalue weighted by molar-refractivity contribution is -0.145. The molecular weight excluding hydrogens is 532 g/mol. The molecule has 0 aliphatic heterocycles. The Bertz CT molecular complexity index is 1060. The normalized spacial score (nSPS) is 15.3. The van der Waals surface area contributed by atoms with Crippen LogP contribution in [0.5, 0.6) is 5.75 Å². The molecule has 0 spiro atoms. The Morgan fingerprint density at radius 1 is 0.800 bits per heavy atom. The van der Waals surface area contributed by atoms with E-state index in [0.29, 0.717) is 5.56 Å². The van der Waals surface area contributed by atoms with Crippen molar-refractivity contribution in [3.8, 4) is 5.75 Å². The number of benzene rings is 1. The zero-order chi connectivity index (χ0) is 30.6. The number of carbonyl (C=O) groups excluding carboxylic acids is 5. The molecule has 12 N–H and O–H groups in total. The second-order valence-corrected chi connectivity index (χ2v) is 9.05. The Morgan fingerprint density at radius 3 is 1.80 bits per heavy atom. The number of aliphatic hydroxyl groups is 2. The topological polar surface area (TPSA) is 284 Å². The zero-order valence-corrected chi connectivity index (χ0v) is 22.0. The van der Waals surface area contributed by atoms with Gasteiger partial charge in [0, 0.05) is 12.8 Å². The minimum absolute atomic E-state index is 0.0710. The highest BCUT2D eigenvalue weighted by Crippen LogP contribution is 2.12. The Balaban J connectivity index is 3.20. The van der Waals surface area contributed by atoms with E-state index in [1.54, 1.807) is 0 Å². The number of carbonyl (C=O) groups is 6. The minimum atomic E-state index is -1.71. The number of primary amides is 1. The van der Waals surface area contributed by atoms with E-state index in [2.05, 4.69) is 21.3 Å². The quantitative estimate of drug-likeness (QED) is 0.0915. The van der Waals surface area contributed by atoms with Crippen molar-refractivity contribution < 1.29 is 49.2 Å². The lowest BCUT2D eigenvalue weighted by Crippen LogP contribution is -2.61. The molecule has 0 aromatic heterocycles. The summed E-state index contributed by atoms with van der Waals surface area (Å²) in [7, 11) is 0. The smallest absolute Gasteiger partial charge is 0.328 e. The van der Waals surface area contributed by atoms with Gasteiger partial charge in [-0.25, -0.2) is 4.79 Å². The molecule has 0 fully saturated rings. The average Bonchev–Trinajstić information content (AvgIpc) is 2.87. The van der Waals surface area contributed by atoms with Gasteiger partial charge in [0.2, 0.25) is 29.5 Å². The Labute approximate surface area is 229 Å². The molecular formula is C24H36N6O10. The third kappa shape index (κ3) is 11.2. The van der Waals surface area contributed by atoms with E-state index >= 15 is 0 Å². The van der Waals surface area contributed by atoms with Gasteiger partial charge >= 0.3 is 5.97 Å². The first-order chi connectivity index (χ1) is 18.7. The van der Waals surface area contributed by atoms with Gasteiger partial charge in [0.05, 0.1) is 18.8 Å². The van der Waals surface area contributed by atoms with Crippen molar-refractivity contribution in [2.75, 3.05) is 6.54 Å². The summed E-state index contributed by atoms with van der Waals surface area (Å²) in [6.07, 6.45) is -3.75. The second kappa shape index (κ2) is 16.0. The predicted octanol–water partition coefficient (Wildman–Crippen LogP) is -4.06.